The van der Waals surface area contributed by atoms with Crippen LogP contribution in [0.5, 0.6) is 17.2 Å². The predicted octanol–water partition coefficient (Wildman–Crippen LogP) is 3.91. The number of amides is 1. The number of nitrogens with zero attached hydrogens (tertiary/aromatic N) is 1. The SMILES string of the molecule is Cc1oc2cc(OCC(=O)N3CC(C)OC(C)C3)ccc2c(=O)c1Oc1ccccc1. The van der Waals surface area contributed by atoms with Crippen molar-refractivity contribution < 1.29 is 23.4 Å². The van der Waals surface area contributed by atoms with E-state index in [1.54, 1.807) is 42.2 Å². The normalized spacial score (nSPS) is 18.7. The number of fused-ring (bicyclic) bond motifs is 1. The topological polar surface area (TPSA) is 78.2 Å². The first kappa shape index (κ1) is 20.9. The lowest BCUT2D eigenvalue weighted by molar-refractivity contribution is -0.145. The zero-order valence-corrected chi connectivity index (χ0v) is 17.8. The maximum Gasteiger partial charge on any atom is 0.260 e. The van der Waals surface area contributed by atoms with E-state index < -0.39 is 0 Å². The van der Waals surface area contributed by atoms with Crippen molar-refractivity contribution in [2.75, 3.05) is 19.7 Å². The van der Waals surface area contributed by atoms with Gasteiger partial charge in [-0.25, -0.2) is 0 Å². The number of morpholine rings is 1. The first-order valence-corrected chi connectivity index (χ1v) is 10.3. The van der Waals surface area contributed by atoms with Gasteiger partial charge in [-0.2, -0.15) is 0 Å². The molecule has 0 spiro atoms. The highest BCUT2D eigenvalue weighted by Crippen LogP contribution is 2.27. The molecule has 0 aliphatic carbocycles. The summed E-state index contributed by atoms with van der Waals surface area (Å²) in [5, 5.41) is 0.381. The second-order valence-corrected chi connectivity index (χ2v) is 7.73. The van der Waals surface area contributed by atoms with E-state index in [-0.39, 0.29) is 35.9 Å². The van der Waals surface area contributed by atoms with Crippen molar-refractivity contribution in [3.05, 3.63) is 64.5 Å². The number of ether oxygens (including phenoxy) is 3. The maximum absolute atomic E-state index is 12.9. The van der Waals surface area contributed by atoms with E-state index in [4.69, 9.17) is 18.6 Å². The number of carbonyl (C=O) groups excluding carboxylic acids is 1. The summed E-state index contributed by atoms with van der Waals surface area (Å²) in [6.07, 6.45) is -0.00385. The minimum Gasteiger partial charge on any atom is -0.484 e. The third kappa shape index (κ3) is 4.72. The number of hydrogen-bond donors (Lipinski definition) is 0. The van der Waals surface area contributed by atoms with E-state index in [0.717, 1.165) is 0 Å². The Morgan fingerprint density at radius 2 is 1.77 bits per heavy atom. The first-order chi connectivity index (χ1) is 14.9. The van der Waals surface area contributed by atoms with E-state index in [9.17, 15) is 9.59 Å². The zero-order valence-electron chi connectivity index (χ0n) is 17.8. The maximum atomic E-state index is 12.9. The van der Waals surface area contributed by atoms with Gasteiger partial charge in [0.2, 0.25) is 11.2 Å². The molecule has 1 amide bonds. The summed E-state index contributed by atoms with van der Waals surface area (Å²) in [5.74, 6) is 1.42. The van der Waals surface area contributed by atoms with Gasteiger partial charge >= 0.3 is 0 Å². The lowest BCUT2D eigenvalue weighted by Gasteiger charge is -2.35. The Balaban J connectivity index is 1.50. The summed E-state index contributed by atoms with van der Waals surface area (Å²) in [4.78, 5) is 27.2. The van der Waals surface area contributed by atoms with Crippen molar-refractivity contribution in [1.82, 2.24) is 4.90 Å². The van der Waals surface area contributed by atoms with Crippen LogP contribution in [0.2, 0.25) is 0 Å². The second-order valence-electron chi connectivity index (χ2n) is 7.73. The van der Waals surface area contributed by atoms with Gasteiger partial charge in [-0.15, -0.1) is 0 Å². The number of aryl methyl sites for hydroxylation is 1. The van der Waals surface area contributed by atoms with Crippen LogP contribution in [0.15, 0.2) is 57.7 Å². The Morgan fingerprint density at radius 3 is 2.48 bits per heavy atom. The van der Waals surface area contributed by atoms with Crippen molar-refractivity contribution in [2.24, 2.45) is 0 Å². The van der Waals surface area contributed by atoms with E-state index >= 15 is 0 Å². The smallest absolute Gasteiger partial charge is 0.260 e. The lowest BCUT2D eigenvalue weighted by atomic mass is 10.2. The quantitative estimate of drug-likeness (QED) is 0.619. The molecule has 3 aromatic rings. The number of rotatable bonds is 5. The number of benzene rings is 2. The van der Waals surface area contributed by atoms with Gasteiger partial charge in [-0.3, -0.25) is 9.59 Å². The van der Waals surface area contributed by atoms with Crippen LogP contribution < -0.4 is 14.9 Å². The second kappa shape index (κ2) is 8.81. The van der Waals surface area contributed by atoms with Gasteiger partial charge in [-0.1, -0.05) is 18.2 Å². The van der Waals surface area contributed by atoms with Crippen LogP contribution in [0.4, 0.5) is 0 Å². The molecule has 2 heterocycles. The van der Waals surface area contributed by atoms with Gasteiger partial charge in [0.15, 0.2) is 6.61 Å². The molecule has 2 aromatic carbocycles. The molecule has 1 aliphatic rings. The molecule has 31 heavy (non-hydrogen) atoms. The minimum atomic E-state index is -0.262. The summed E-state index contributed by atoms with van der Waals surface area (Å²) in [6, 6.07) is 14.0. The summed E-state index contributed by atoms with van der Waals surface area (Å²) in [7, 11) is 0. The van der Waals surface area contributed by atoms with Gasteiger partial charge in [0.25, 0.3) is 5.91 Å². The van der Waals surface area contributed by atoms with Crippen molar-refractivity contribution >= 4 is 16.9 Å². The Labute approximate surface area is 180 Å². The third-order valence-electron chi connectivity index (χ3n) is 5.08. The Morgan fingerprint density at radius 1 is 1.06 bits per heavy atom. The Bertz CT molecular complexity index is 1130. The third-order valence-corrected chi connectivity index (χ3v) is 5.08. The zero-order chi connectivity index (χ0) is 22.0. The number of carbonyl (C=O) groups is 1. The molecule has 7 heteroatoms. The van der Waals surface area contributed by atoms with Crippen LogP contribution in [-0.4, -0.2) is 42.7 Å². The molecule has 1 fully saturated rings. The van der Waals surface area contributed by atoms with Gasteiger partial charge in [0.1, 0.15) is 22.8 Å². The van der Waals surface area contributed by atoms with E-state index in [0.29, 0.717) is 41.3 Å². The highest BCUT2D eigenvalue weighted by atomic mass is 16.5. The molecule has 0 radical (unpaired) electrons. The van der Waals surface area contributed by atoms with Crippen LogP contribution in [0.3, 0.4) is 0 Å². The lowest BCUT2D eigenvalue weighted by Crippen LogP contribution is -2.49. The molecule has 0 bridgehead atoms. The summed E-state index contributed by atoms with van der Waals surface area (Å²) >= 11 is 0. The molecule has 0 saturated carbocycles. The van der Waals surface area contributed by atoms with Crippen molar-refractivity contribution in [2.45, 2.75) is 33.0 Å². The Kier molecular flexibility index (Phi) is 5.95. The molecule has 1 aliphatic heterocycles. The molecule has 7 nitrogen and oxygen atoms in total. The molecular formula is C24H25NO6. The molecule has 1 aromatic heterocycles. The molecule has 2 unspecified atom stereocenters. The first-order valence-electron chi connectivity index (χ1n) is 10.3. The molecule has 0 N–H and O–H groups in total. The van der Waals surface area contributed by atoms with Crippen LogP contribution in [0.1, 0.15) is 19.6 Å². The molecule has 4 rings (SSSR count). The van der Waals surface area contributed by atoms with Gasteiger partial charge < -0.3 is 23.5 Å². The average Bonchev–Trinajstić information content (AvgIpc) is 2.75. The summed E-state index contributed by atoms with van der Waals surface area (Å²) in [6.45, 7) is 6.56. The molecule has 162 valence electrons. The molecular weight excluding hydrogens is 398 g/mol. The van der Waals surface area contributed by atoms with E-state index in [2.05, 4.69) is 0 Å². The monoisotopic (exact) mass is 423 g/mol. The minimum absolute atomic E-state index is 0.00193. The fourth-order valence-corrected chi connectivity index (χ4v) is 3.70. The van der Waals surface area contributed by atoms with E-state index in [1.165, 1.54) is 0 Å². The molecule has 2 atom stereocenters. The summed E-state index contributed by atoms with van der Waals surface area (Å²) < 4.78 is 22.9. The fraction of sp³-hybridized carbons (Fsp3) is 0.333. The number of hydrogen-bond acceptors (Lipinski definition) is 6. The predicted molar refractivity (Wildman–Crippen MR) is 116 cm³/mol. The van der Waals surface area contributed by atoms with Gasteiger partial charge in [-0.05, 0) is 45.0 Å². The van der Waals surface area contributed by atoms with Gasteiger partial charge in [0.05, 0.1) is 17.6 Å². The van der Waals surface area contributed by atoms with Crippen molar-refractivity contribution in [3.8, 4) is 17.2 Å². The van der Waals surface area contributed by atoms with Crippen LogP contribution >= 0.6 is 0 Å². The van der Waals surface area contributed by atoms with Gasteiger partial charge in [0, 0.05) is 19.2 Å². The van der Waals surface area contributed by atoms with Crippen LogP contribution in [0.25, 0.3) is 11.0 Å². The number of para-hydroxylation sites is 1. The fourth-order valence-electron chi connectivity index (χ4n) is 3.70. The standard InChI is InChI=1S/C24H25NO6/c1-15-12-25(13-16(2)29-15)22(26)14-28-19-9-10-20-21(11-19)30-17(3)24(23(20)27)31-18-7-5-4-6-8-18/h4-11,15-16H,12-14H2,1-3H3. The van der Waals surface area contributed by atoms with Crippen LogP contribution in [-0.2, 0) is 9.53 Å². The van der Waals surface area contributed by atoms with Crippen LogP contribution in [0, 0.1) is 6.92 Å². The molecule has 1 saturated heterocycles. The van der Waals surface area contributed by atoms with Crippen molar-refractivity contribution in [1.29, 1.82) is 0 Å². The van der Waals surface area contributed by atoms with Crippen molar-refractivity contribution in [3.63, 3.8) is 0 Å². The largest absolute Gasteiger partial charge is 0.484 e. The highest BCUT2D eigenvalue weighted by Gasteiger charge is 2.26. The van der Waals surface area contributed by atoms with E-state index in [1.807, 2.05) is 32.0 Å². The highest BCUT2D eigenvalue weighted by molar-refractivity contribution is 5.80. The summed E-state index contributed by atoms with van der Waals surface area (Å²) in [5.41, 5.74) is 0.114. The average molecular weight is 423 g/mol. The Hall–Kier alpha value is -3.32.